The Morgan fingerprint density at radius 2 is 1.07 bits per heavy atom. The van der Waals surface area contributed by atoms with Crippen molar-refractivity contribution in [1.82, 2.24) is 9.97 Å². The van der Waals surface area contributed by atoms with E-state index in [0.717, 1.165) is 10.8 Å². The second-order valence-electron chi connectivity index (χ2n) is 6.90. The first-order valence-electron chi connectivity index (χ1n) is 9.03. The number of aromatic nitrogens is 2. The smallest absolute Gasteiger partial charge is 0.196 e. The Morgan fingerprint density at radius 1 is 0.571 bits per heavy atom. The fourth-order valence-corrected chi connectivity index (χ4v) is 4.23. The van der Waals surface area contributed by atoms with Crippen molar-refractivity contribution in [1.29, 1.82) is 0 Å². The number of rotatable bonds is 1. The number of benzene rings is 2. The summed E-state index contributed by atoms with van der Waals surface area (Å²) in [7, 11) is 0. The van der Waals surface area contributed by atoms with Gasteiger partial charge in [-0.2, -0.15) is 0 Å². The minimum Gasteiger partial charge on any atom is -0.288 e. The minimum atomic E-state index is -0.106. The molecule has 0 bridgehead atoms. The lowest BCUT2D eigenvalue weighted by atomic mass is 10.0. The number of pyridine rings is 2. The van der Waals surface area contributed by atoms with Crippen LogP contribution in [-0.2, 0) is 0 Å². The van der Waals surface area contributed by atoms with Crippen molar-refractivity contribution in [2.24, 2.45) is 0 Å². The van der Waals surface area contributed by atoms with Crippen LogP contribution >= 0.6 is 0 Å². The van der Waals surface area contributed by atoms with Gasteiger partial charge in [0.05, 0.1) is 27.5 Å². The average molecular weight is 360 g/mol. The van der Waals surface area contributed by atoms with Crippen LogP contribution in [0, 0.1) is 0 Å². The summed E-state index contributed by atoms with van der Waals surface area (Å²) in [6, 6.07) is 20.4. The molecule has 0 unspecified atom stereocenters. The molecule has 28 heavy (non-hydrogen) atoms. The molecule has 0 aliphatic rings. The summed E-state index contributed by atoms with van der Waals surface area (Å²) in [6.45, 7) is 0. The average Bonchev–Trinajstić information content (AvgIpc) is 3.20. The Labute approximate surface area is 158 Å². The van der Waals surface area contributed by atoms with Gasteiger partial charge in [-0.05, 0) is 12.1 Å². The molecule has 0 atom stereocenters. The molecule has 4 heteroatoms. The molecule has 0 spiro atoms. The van der Waals surface area contributed by atoms with Crippen LogP contribution in [0.2, 0.25) is 0 Å². The number of nitrogens with zero attached hydrogens (tertiary/aromatic N) is 2. The molecule has 2 heterocycles. The first-order chi connectivity index (χ1) is 13.8. The Kier molecular flexibility index (Phi) is 2.87. The van der Waals surface area contributed by atoms with E-state index in [-0.39, 0.29) is 10.9 Å². The van der Waals surface area contributed by atoms with Crippen molar-refractivity contribution in [2.45, 2.75) is 0 Å². The van der Waals surface area contributed by atoms with Gasteiger partial charge in [0.25, 0.3) is 0 Å². The molecule has 0 aliphatic carbocycles. The Hall–Kier alpha value is -3.92. The van der Waals surface area contributed by atoms with Gasteiger partial charge in [-0.25, -0.2) is 4.98 Å². The summed E-state index contributed by atoms with van der Waals surface area (Å²) >= 11 is 0. The third kappa shape index (κ3) is 1.79. The molecular formula is C24H12N2O2. The first-order valence-corrected chi connectivity index (χ1v) is 9.03. The molecule has 0 amide bonds. The maximum atomic E-state index is 13.3. The lowest BCUT2D eigenvalue weighted by molar-refractivity contribution is 1.34. The van der Waals surface area contributed by atoms with Gasteiger partial charge in [-0.1, -0.05) is 54.6 Å². The number of fused-ring (bicyclic) bond motifs is 6. The van der Waals surface area contributed by atoms with Crippen LogP contribution in [0.15, 0.2) is 82.5 Å². The second-order valence-corrected chi connectivity index (χ2v) is 6.90. The molecule has 6 rings (SSSR count). The van der Waals surface area contributed by atoms with Gasteiger partial charge in [0.2, 0.25) is 0 Å². The quantitative estimate of drug-likeness (QED) is 0.437. The molecule has 6 aromatic rings. The van der Waals surface area contributed by atoms with Crippen LogP contribution in [0.1, 0.15) is 0 Å². The molecule has 130 valence electrons. The standard InChI is InChI=1S/C24H12N2O2/c27-23-15-9-3-1-7-13(15)21-19(23)18(17-11-5-6-12-25-17)20-22(26-21)14-8-2-4-10-16(14)24(20)28/h1-12H. The molecule has 4 nitrogen and oxygen atoms in total. The SMILES string of the molecule is O=c1c2ccccc2c2nc3c(c(-c4ccccn4)c12)c(=O)c1ccccc13. The van der Waals surface area contributed by atoms with E-state index in [0.29, 0.717) is 43.8 Å². The molecule has 2 aromatic heterocycles. The number of hydrogen-bond acceptors (Lipinski definition) is 4. The van der Waals surface area contributed by atoms with Crippen LogP contribution in [0.4, 0.5) is 0 Å². The molecular weight excluding hydrogens is 348 g/mol. The van der Waals surface area contributed by atoms with E-state index in [1.807, 2.05) is 66.7 Å². The van der Waals surface area contributed by atoms with Crippen LogP contribution in [0.5, 0.6) is 0 Å². The highest BCUT2D eigenvalue weighted by Crippen LogP contribution is 2.37. The normalized spacial score (nSPS) is 11.9. The summed E-state index contributed by atoms with van der Waals surface area (Å²) in [5, 5.41) is 3.79. The van der Waals surface area contributed by atoms with E-state index in [9.17, 15) is 9.59 Å². The molecule has 0 N–H and O–H groups in total. The van der Waals surface area contributed by atoms with Crippen molar-refractivity contribution in [3.63, 3.8) is 0 Å². The zero-order valence-electron chi connectivity index (χ0n) is 14.6. The van der Waals surface area contributed by atoms with Crippen molar-refractivity contribution >= 4 is 43.4 Å². The summed E-state index contributed by atoms with van der Waals surface area (Å²) in [5.41, 5.74) is 2.24. The molecule has 0 radical (unpaired) electrons. The highest BCUT2D eigenvalue weighted by molar-refractivity contribution is 6.24. The highest BCUT2D eigenvalue weighted by atomic mass is 16.1. The van der Waals surface area contributed by atoms with E-state index in [2.05, 4.69) is 4.98 Å². The van der Waals surface area contributed by atoms with E-state index >= 15 is 0 Å². The first kappa shape index (κ1) is 15.2. The Balaban J connectivity index is 2.02. The van der Waals surface area contributed by atoms with Gasteiger partial charge in [0, 0.05) is 33.3 Å². The fraction of sp³-hybridized carbons (Fsp3) is 0. The maximum Gasteiger partial charge on any atom is 0.196 e. The minimum absolute atomic E-state index is 0.106. The lowest BCUT2D eigenvalue weighted by Crippen LogP contribution is -2.02. The van der Waals surface area contributed by atoms with Gasteiger partial charge >= 0.3 is 0 Å². The van der Waals surface area contributed by atoms with E-state index in [4.69, 9.17) is 4.98 Å². The summed E-state index contributed by atoms with van der Waals surface area (Å²) in [5.74, 6) is 0. The second kappa shape index (κ2) is 5.30. The topological polar surface area (TPSA) is 59.9 Å². The molecule has 0 saturated carbocycles. The Bertz CT molecular complexity index is 1540. The lowest BCUT2D eigenvalue weighted by Gasteiger charge is -2.05. The third-order valence-corrected chi connectivity index (χ3v) is 5.43. The Morgan fingerprint density at radius 3 is 1.57 bits per heavy atom. The molecule has 0 aliphatic heterocycles. The molecule has 0 saturated heterocycles. The van der Waals surface area contributed by atoms with Gasteiger partial charge in [-0.15, -0.1) is 0 Å². The van der Waals surface area contributed by atoms with E-state index in [1.165, 1.54) is 0 Å². The van der Waals surface area contributed by atoms with Crippen LogP contribution in [0.25, 0.3) is 54.6 Å². The predicted octanol–water partition coefficient (Wildman–Crippen LogP) is 4.35. The zero-order valence-corrected chi connectivity index (χ0v) is 14.6. The molecule has 4 aromatic carbocycles. The van der Waals surface area contributed by atoms with Crippen molar-refractivity contribution in [3.8, 4) is 11.3 Å². The summed E-state index contributed by atoms with van der Waals surface area (Å²) < 4.78 is 0. The fourth-order valence-electron chi connectivity index (χ4n) is 4.23. The van der Waals surface area contributed by atoms with Gasteiger partial charge in [0.15, 0.2) is 10.9 Å². The van der Waals surface area contributed by atoms with Gasteiger partial charge in [0.1, 0.15) is 0 Å². The zero-order chi connectivity index (χ0) is 18.8. The number of hydrogen-bond donors (Lipinski definition) is 0. The van der Waals surface area contributed by atoms with Crippen LogP contribution in [-0.4, -0.2) is 9.97 Å². The monoisotopic (exact) mass is 360 g/mol. The summed E-state index contributed by atoms with van der Waals surface area (Å²) in [6.07, 6.45) is 1.67. The summed E-state index contributed by atoms with van der Waals surface area (Å²) in [4.78, 5) is 35.9. The third-order valence-electron chi connectivity index (χ3n) is 5.43. The van der Waals surface area contributed by atoms with E-state index < -0.39 is 0 Å². The molecule has 0 fully saturated rings. The van der Waals surface area contributed by atoms with Crippen molar-refractivity contribution in [2.75, 3.05) is 0 Å². The maximum absolute atomic E-state index is 13.3. The largest absolute Gasteiger partial charge is 0.288 e. The highest BCUT2D eigenvalue weighted by Gasteiger charge is 2.24. The van der Waals surface area contributed by atoms with Gasteiger partial charge < -0.3 is 0 Å². The van der Waals surface area contributed by atoms with Crippen LogP contribution in [0.3, 0.4) is 0 Å². The van der Waals surface area contributed by atoms with Crippen molar-refractivity contribution in [3.05, 3.63) is 93.4 Å². The van der Waals surface area contributed by atoms with Crippen LogP contribution < -0.4 is 10.9 Å². The van der Waals surface area contributed by atoms with Gasteiger partial charge in [-0.3, -0.25) is 14.6 Å². The van der Waals surface area contributed by atoms with E-state index in [1.54, 1.807) is 6.20 Å². The predicted molar refractivity (Wildman–Crippen MR) is 112 cm³/mol. The van der Waals surface area contributed by atoms with Crippen molar-refractivity contribution < 1.29 is 0 Å².